The lowest BCUT2D eigenvalue weighted by molar-refractivity contribution is 0.0558. The highest BCUT2D eigenvalue weighted by Gasteiger charge is 2.53. The van der Waals surface area contributed by atoms with Crippen LogP contribution in [0, 0.1) is 0 Å². The van der Waals surface area contributed by atoms with Gasteiger partial charge in [0, 0.05) is 11.1 Å². The number of amides is 2. The minimum Gasteiger partial charge on any atom is -0.443 e. The zero-order chi connectivity index (χ0) is 24.0. The van der Waals surface area contributed by atoms with E-state index in [1.807, 2.05) is 57.2 Å². The summed E-state index contributed by atoms with van der Waals surface area (Å²) in [6.45, 7) is 12.7. The Morgan fingerprint density at radius 3 is 2.48 bits per heavy atom. The molecule has 0 radical (unpaired) electrons. The van der Waals surface area contributed by atoms with Crippen molar-refractivity contribution in [1.29, 1.82) is 0 Å². The summed E-state index contributed by atoms with van der Waals surface area (Å²) in [6.07, 6.45) is -0.281. The number of nitrogens with one attached hydrogen (secondary N) is 2. The van der Waals surface area contributed by atoms with E-state index in [1.54, 1.807) is 11.0 Å². The van der Waals surface area contributed by atoms with Crippen molar-refractivity contribution < 1.29 is 19.1 Å². The lowest BCUT2D eigenvalue weighted by atomic mass is 9.81. The van der Waals surface area contributed by atoms with E-state index in [9.17, 15) is 9.59 Å². The zero-order valence-electron chi connectivity index (χ0n) is 20.2. The van der Waals surface area contributed by atoms with Crippen LogP contribution in [0.5, 0.6) is 5.75 Å². The summed E-state index contributed by atoms with van der Waals surface area (Å²) < 4.78 is 11.3. The standard InChI is InChI=1S/C26H33N3O4/c1-16(2)17-7-9-18(10-8-17)28-23(30)32-19-11-12-21-20(15-19)26(6)13-14-27-22(26)29(21)24(31)33-25(3,4)5/h7-12,15-16,22,27H,13-14H2,1-6H3,(H,28,30)/t22?,26-/m0/s1. The predicted octanol–water partition coefficient (Wildman–Crippen LogP) is 5.75. The Balaban J connectivity index is 1.53. The van der Waals surface area contributed by atoms with E-state index in [4.69, 9.17) is 9.47 Å². The molecule has 176 valence electrons. The number of rotatable bonds is 3. The van der Waals surface area contributed by atoms with Crippen LogP contribution >= 0.6 is 0 Å². The van der Waals surface area contributed by atoms with Crippen LogP contribution in [0.1, 0.15) is 65.0 Å². The van der Waals surface area contributed by atoms with Crippen molar-refractivity contribution in [2.45, 2.75) is 71.1 Å². The molecule has 2 aliphatic rings. The number of hydrogen-bond donors (Lipinski definition) is 2. The molecule has 2 aliphatic heterocycles. The summed E-state index contributed by atoms with van der Waals surface area (Å²) >= 11 is 0. The zero-order valence-corrected chi connectivity index (χ0v) is 20.2. The Morgan fingerprint density at radius 1 is 1.15 bits per heavy atom. The molecule has 2 aromatic rings. The number of anilines is 2. The van der Waals surface area contributed by atoms with Gasteiger partial charge in [-0.2, -0.15) is 0 Å². The van der Waals surface area contributed by atoms with Crippen molar-refractivity contribution in [2.24, 2.45) is 0 Å². The quantitative estimate of drug-likeness (QED) is 0.621. The van der Waals surface area contributed by atoms with Gasteiger partial charge in [0.05, 0.1) is 5.69 Å². The molecule has 2 N–H and O–H groups in total. The van der Waals surface area contributed by atoms with Crippen LogP contribution < -0.4 is 20.3 Å². The minimum atomic E-state index is -0.594. The molecule has 4 rings (SSSR count). The van der Waals surface area contributed by atoms with Gasteiger partial charge in [0.15, 0.2) is 0 Å². The third-order valence-electron chi connectivity index (χ3n) is 6.31. The molecule has 33 heavy (non-hydrogen) atoms. The van der Waals surface area contributed by atoms with Crippen molar-refractivity contribution in [3.63, 3.8) is 0 Å². The number of carbonyl (C=O) groups is 2. The minimum absolute atomic E-state index is 0.203. The molecule has 0 spiro atoms. The summed E-state index contributed by atoms with van der Waals surface area (Å²) in [5, 5.41) is 6.21. The van der Waals surface area contributed by atoms with Gasteiger partial charge in [-0.1, -0.05) is 32.9 Å². The van der Waals surface area contributed by atoms with Crippen LogP contribution in [-0.2, 0) is 10.2 Å². The Kier molecular flexibility index (Phi) is 5.86. The third-order valence-corrected chi connectivity index (χ3v) is 6.31. The SMILES string of the molecule is CC(C)c1ccc(NC(=O)Oc2ccc3c(c2)[C@]2(C)CCNC2N3C(=O)OC(C)(C)C)cc1. The molecule has 7 heteroatoms. The number of ether oxygens (including phenoxy) is 2. The average molecular weight is 452 g/mol. The van der Waals surface area contributed by atoms with Crippen molar-refractivity contribution in [3.8, 4) is 5.75 Å². The Hall–Kier alpha value is -3.06. The van der Waals surface area contributed by atoms with E-state index in [0.29, 0.717) is 17.4 Å². The summed E-state index contributed by atoms with van der Waals surface area (Å²) in [5.74, 6) is 0.857. The average Bonchev–Trinajstić information content (AvgIpc) is 3.20. The maximum absolute atomic E-state index is 13.0. The van der Waals surface area contributed by atoms with Gasteiger partial charge in [0.2, 0.25) is 0 Å². The summed E-state index contributed by atoms with van der Waals surface area (Å²) in [7, 11) is 0. The fraction of sp³-hybridized carbons (Fsp3) is 0.462. The second-order valence-corrected chi connectivity index (χ2v) is 10.3. The van der Waals surface area contributed by atoms with E-state index in [-0.39, 0.29) is 17.7 Å². The molecule has 2 heterocycles. The molecule has 0 saturated carbocycles. The van der Waals surface area contributed by atoms with Gasteiger partial charge in [-0.15, -0.1) is 0 Å². The second kappa shape index (κ2) is 8.37. The topological polar surface area (TPSA) is 79.9 Å². The van der Waals surface area contributed by atoms with E-state index in [0.717, 1.165) is 24.2 Å². The molecule has 1 saturated heterocycles. The van der Waals surface area contributed by atoms with E-state index < -0.39 is 11.7 Å². The van der Waals surface area contributed by atoms with Crippen LogP contribution in [0.15, 0.2) is 42.5 Å². The van der Waals surface area contributed by atoms with Crippen LogP contribution in [0.4, 0.5) is 21.0 Å². The molecule has 0 aliphatic carbocycles. The van der Waals surface area contributed by atoms with Gasteiger partial charge in [0.25, 0.3) is 0 Å². The molecule has 2 atom stereocenters. The first-order chi connectivity index (χ1) is 15.5. The molecule has 2 aromatic carbocycles. The van der Waals surface area contributed by atoms with E-state index >= 15 is 0 Å². The van der Waals surface area contributed by atoms with Gasteiger partial charge < -0.3 is 9.47 Å². The number of hydrogen-bond acceptors (Lipinski definition) is 5. The maximum atomic E-state index is 13.0. The van der Waals surface area contributed by atoms with Crippen molar-refractivity contribution in [1.82, 2.24) is 5.32 Å². The molecular weight excluding hydrogens is 418 g/mol. The van der Waals surface area contributed by atoms with Gasteiger partial charge >= 0.3 is 12.2 Å². The van der Waals surface area contributed by atoms with Crippen LogP contribution in [0.2, 0.25) is 0 Å². The fourth-order valence-corrected chi connectivity index (χ4v) is 4.59. The molecule has 1 fully saturated rings. The molecule has 0 aromatic heterocycles. The second-order valence-electron chi connectivity index (χ2n) is 10.3. The normalized spacial score (nSPS) is 21.5. The predicted molar refractivity (Wildman–Crippen MR) is 129 cm³/mol. The van der Waals surface area contributed by atoms with Crippen LogP contribution in [-0.4, -0.2) is 30.5 Å². The van der Waals surface area contributed by atoms with Gasteiger partial charge in [-0.3, -0.25) is 15.5 Å². The highest BCUT2D eigenvalue weighted by molar-refractivity contribution is 5.93. The monoisotopic (exact) mass is 451 g/mol. The van der Waals surface area contributed by atoms with Gasteiger partial charge in [0.1, 0.15) is 17.5 Å². The lowest BCUT2D eigenvalue weighted by Gasteiger charge is -2.31. The van der Waals surface area contributed by atoms with Gasteiger partial charge in [-0.05, 0) is 81.1 Å². The van der Waals surface area contributed by atoms with Crippen LogP contribution in [0.3, 0.4) is 0 Å². The summed E-state index contributed by atoms with van der Waals surface area (Å²) in [6, 6.07) is 13.1. The summed E-state index contributed by atoms with van der Waals surface area (Å²) in [4.78, 5) is 27.2. The van der Waals surface area contributed by atoms with Crippen LogP contribution in [0.25, 0.3) is 0 Å². The Morgan fingerprint density at radius 2 is 1.85 bits per heavy atom. The highest BCUT2D eigenvalue weighted by atomic mass is 16.6. The molecule has 2 amide bonds. The van der Waals surface area contributed by atoms with E-state index in [1.165, 1.54) is 5.56 Å². The first kappa shape index (κ1) is 23.1. The first-order valence-electron chi connectivity index (χ1n) is 11.5. The smallest absolute Gasteiger partial charge is 0.417 e. The fourth-order valence-electron chi connectivity index (χ4n) is 4.59. The Bertz CT molecular complexity index is 1060. The molecular formula is C26H33N3O4. The van der Waals surface area contributed by atoms with Crippen molar-refractivity contribution >= 4 is 23.6 Å². The van der Waals surface area contributed by atoms with Crippen molar-refractivity contribution in [3.05, 3.63) is 53.6 Å². The lowest BCUT2D eigenvalue weighted by Crippen LogP contribution is -2.50. The molecule has 0 bridgehead atoms. The number of nitrogens with zero attached hydrogens (tertiary/aromatic N) is 1. The molecule has 1 unspecified atom stereocenters. The maximum Gasteiger partial charge on any atom is 0.417 e. The van der Waals surface area contributed by atoms with Gasteiger partial charge in [-0.25, -0.2) is 9.59 Å². The number of benzene rings is 2. The van der Waals surface area contributed by atoms with E-state index in [2.05, 4.69) is 31.4 Å². The highest BCUT2D eigenvalue weighted by Crippen LogP contribution is 2.50. The molecule has 7 nitrogen and oxygen atoms in total. The number of carbonyl (C=O) groups excluding carboxylic acids is 2. The Labute approximate surface area is 195 Å². The summed E-state index contributed by atoms with van der Waals surface area (Å²) in [5.41, 5.74) is 2.73. The first-order valence-corrected chi connectivity index (χ1v) is 11.5. The van der Waals surface area contributed by atoms with Crippen molar-refractivity contribution in [2.75, 3.05) is 16.8 Å². The third kappa shape index (κ3) is 4.55. The largest absolute Gasteiger partial charge is 0.443 e. The number of fused-ring (bicyclic) bond motifs is 3.